The van der Waals surface area contributed by atoms with Gasteiger partial charge in [0, 0.05) is 37.3 Å². The van der Waals surface area contributed by atoms with Crippen LogP contribution in [0.2, 0.25) is 0 Å². The van der Waals surface area contributed by atoms with Gasteiger partial charge in [0.2, 0.25) is 0 Å². The van der Waals surface area contributed by atoms with E-state index in [1.54, 1.807) is 0 Å². The molecule has 1 saturated heterocycles. The standard InChI is InChI=1S/C19H23F2N3O/c1-3-24-12-15(13(2)22-24)11-23-8-4-5-14(10-23)19(25)17-9-16(20)6-7-18(17)21/h6-7,9,12,14H,3-5,8,10-11H2,1-2H3. The molecule has 1 atom stereocenters. The molecule has 2 heterocycles. The van der Waals surface area contributed by atoms with E-state index in [-0.39, 0.29) is 17.3 Å². The lowest BCUT2D eigenvalue weighted by atomic mass is 9.89. The number of piperidine rings is 1. The Bertz CT molecular complexity index is 772. The van der Waals surface area contributed by atoms with Crippen molar-refractivity contribution in [3.8, 4) is 0 Å². The molecule has 0 saturated carbocycles. The number of aryl methyl sites for hydroxylation is 2. The highest BCUT2D eigenvalue weighted by atomic mass is 19.1. The first-order valence-electron chi connectivity index (χ1n) is 8.72. The fraction of sp³-hybridized carbons (Fsp3) is 0.474. The molecule has 25 heavy (non-hydrogen) atoms. The summed E-state index contributed by atoms with van der Waals surface area (Å²) >= 11 is 0. The van der Waals surface area contributed by atoms with Crippen LogP contribution in [0.1, 0.15) is 41.4 Å². The van der Waals surface area contributed by atoms with Crippen molar-refractivity contribution >= 4 is 5.78 Å². The molecule has 1 aliphatic rings. The molecule has 0 N–H and O–H groups in total. The van der Waals surface area contributed by atoms with Gasteiger partial charge in [-0.2, -0.15) is 5.10 Å². The molecule has 0 spiro atoms. The molecule has 1 aromatic carbocycles. The molecule has 0 radical (unpaired) electrons. The number of benzene rings is 1. The van der Waals surface area contributed by atoms with Gasteiger partial charge in [-0.1, -0.05) is 0 Å². The van der Waals surface area contributed by atoms with E-state index in [4.69, 9.17) is 0 Å². The molecular formula is C19H23F2N3O. The Balaban J connectivity index is 1.71. The average Bonchev–Trinajstić information content (AvgIpc) is 2.96. The van der Waals surface area contributed by atoms with Gasteiger partial charge in [-0.15, -0.1) is 0 Å². The van der Waals surface area contributed by atoms with Crippen molar-refractivity contribution in [2.75, 3.05) is 13.1 Å². The molecule has 1 unspecified atom stereocenters. The summed E-state index contributed by atoms with van der Waals surface area (Å²) in [7, 11) is 0. The summed E-state index contributed by atoms with van der Waals surface area (Å²) in [5, 5.41) is 4.45. The van der Waals surface area contributed by atoms with Gasteiger partial charge in [-0.25, -0.2) is 8.78 Å². The number of carbonyl (C=O) groups excluding carboxylic acids is 1. The molecule has 134 valence electrons. The quantitative estimate of drug-likeness (QED) is 0.776. The highest BCUT2D eigenvalue weighted by Gasteiger charge is 2.28. The predicted molar refractivity (Wildman–Crippen MR) is 91.3 cm³/mol. The van der Waals surface area contributed by atoms with Crippen LogP contribution in [0.4, 0.5) is 8.78 Å². The van der Waals surface area contributed by atoms with Crippen molar-refractivity contribution in [1.82, 2.24) is 14.7 Å². The van der Waals surface area contributed by atoms with Crippen LogP contribution in [0.5, 0.6) is 0 Å². The van der Waals surface area contributed by atoms with Crippen LogP contribution in [0.3, 0.4) is 0 Å². The summed E-state index contributed by atoms with van der Waals surface area (Å²) in [6.07, 6.45) is 3.61. The first kappa shape index (κ1) is 17.7. The zero-order valence-electron chi connectivity index (χ0n) is 14.6. The van der Waals surface area contributed by atoms with E-state index in [1.165, 1.54) is 0 Å². The third kappa shape index (κ3) is 3.95. The van der Waals surface area contributed by atoms with E-state index >= 15 is 0 Å². The Hall–Kier alpha value is -2.08. The fourth-order valence-electron chi connectivity index (χ4n) is 3.44. The molecule has 1 aromatic heterocycles. The van der Waals surface area contributed by atoms with Crippen LogP contribution in [0, 0.1) is 24.5 Å². The van der Waals surface area contributed by atoms with Gasteiger partial charge in [0.25, 0.3) is 0 Å². The zero-order chi connectivity index (χ0) is 18.0. The Morgan fingerprint density at radius 1 is 1.36 bits per heavy atom. The lowest BCUT2D eigenvalue weighted by Gasteiger charge is -2.31. The smallest absolute Gasteiger partial charge is 0.170 e. The second-order valence-corrected chi connectivity index (χ2v) is 6.66. The zero-order valence-corrected chi connectivity index (χ0v) is 14.6. The Morgan fingerprint density at radius 2 is 2.16 bits per heavy atom. The van der Waals surface area contributed by atoms with E-state index in [0.29, 0.717) is 13.0 Å². The van der Waals surface area contributed by atoms with Crippen molar-refractivity contribution in [3.63, 3.8) is 0 Å². The van der Waals surface area contributed by atoms with E-state index < -0.39 is 11.6 Å². The van der Waals surface area contributed by atoms with Gasteiger partial charge >= 0.3 is 0 Å². The number of hydrogen-bond acceptors (Lipinski definition) is 3. The molecule has 1 aliphatic heterocycles. The van der Waals surface area contributed by atoms with Crippen LogP contribution in [0.15, 0.2) is 24.4 Å². The summed E-state index contributed by atoms with van der Waals surface area (Å²) in [6, 6.07) is 3.06. The number of hydrogen-bond donors (Lipinski definition) is 0. The summed E-state index contributed by atoms with van der Waals surface area (Å²) in [5.41, 5.74) is 2.00. The second kappa shape index (κ2) is 7.44. The number of carbonyl (C=O) groups is 1. The fourth-order valence-corrected chi connectivity index (χ4v) is 3.44. The SMILES string of the molecule is CCn1cc(CN2CCCC(C(=O)c3cc(F)ccc3F)C2)c(C)n1. The number of aromatic nitrogens is 2. The number of ketones is 1. The number of rotatable bonds is 5. The van der Waals surface area contributed by atoms with Crippen LogP contribution >= 0.6 is 0 Å². The van der Waals surface area contributed by atoms with Crippen LogP contribution < -0.4 is 0 Å². The molecule has 0 aliphatic carbocycles. The van der Waals surface area contributed by atoms with Gasteiger partial charge in [0.15, 0.2) is 5.78 Å². The van der Waals surface area contributed by atoms with Crippen LogP contribution in [0.25, 0.3) is 0 Å². The topological polar surface area (TPSA) is 38.1 Å². The molecule has 3 rings (SSSR count). The van der Waals surface area contributed by atoms with E-state index in [1.807, 2.05) is 24.7 Å². The third-order valence-corrected chi connectivity index (χ3v) is 4.84. The van der Waals surface area contributed by atoms with Crippen molar-refractivity contribution in [2.45, 2.75) is 39.8 Å². The van der Waals surface area contributed by atoms with Crippen molar-refractivity contribution < 1.29 is 13.6 Å². The van der Waals surface area contributed by atoms with E-state index in [2.05, 4.69) is 10.00 Å². The molecule has 6 heteroatoms. The summed E-state index contributed by atoms with van der Waals surface area (Å²) in [6.45, 7) is 7.02. The minimum Gasteiger partial charge on any atom is -0.298 e. The van der Waals surface area contributed by atoms with Gasteiger partial charge in [-0.3, -0.25) is 14.4 Å². The molecular weight excluding hydrogens is 324 g/mol. The van der Waals surface area contributed by atoms with Crippen LogP contribution in [-0.4, -0.2) is 33.6 Å². The maximum atomic E-state index is 13.9. The molecule has 2 aromatic rings. The monoisotopic (exact) mass is 347 g/mol. The largest absolute Gasteiger partial charge is 0.298 e. The highest BCUT2D eigenvalue weighted by molar-refractivity contribution is 5.98. The second-order valence-electron chi connectivity index (χ2n) is 6.66. The Morgan fingerprint density at radius 3 is 2.88 bits per heavy atom. The number of halogens is 2. The van der Waals surface area contributed by atoms with Crippen LogP contribution in [-0.2, 0) is 13.1 Å². The Kier molecular flexibility index (Phi) is 5.27. The molecule has 1 fully saturated rings. The van der Waals surface area contributed by atoms with Crippen molar-refractivity contribution in [1.29, 1.82) is 0 Å². The van der Waals surface area contributed by atoms with Gasteiger partial charge in [0.05, 0.1) is 11.3 Å². The van der Waals surface area contributed by atoms with E-state index in [0.717, 1.165) is 55.5 Å². The normalized spacial score (nSPS) is 18.5. The van der Waals surface area contributed by atoms with Gasteiger partial charge < -0.3 is 0 Å². The lowest BCUT2D eigenvalue weighted by molar-refractivity contribution is 0.0806. The van der Waals surface area contributed by atoms with Crippen molar-refractivity contribution in [2.24, 2.45) is 5.92 Å². The molecule has 0 amide bonds. The minimum atomic E-state index is -0.649. The average molecular weight is 347 g/mol. The number of nitrogens with zero attached hydrogens (tertiary/aromatic N) is 3. The first-order valence-corrected chi connectivity index (χ1v) is 8.72. The van der Waals surface area contributed by atoms with Crippen molar-refractivity contribution in [3.05, 3.63) is 52.9 Å². The predicted octanol–water partition coefficient (Wildman–Crippen LogP) is 3.58. The maximum absolute atomic E-state index is 13.9. The van der Waals surface area contributed by atoms with E-state index in [9.17, 15) is 13.6 Å². The number of Topliss-reactive ketones (excluding diaryl/α,β-unsaturated/α-hetero) is 1. The summed E-state index contributed by atoms with van der Waals surface area (Å²) in [4.78, 5) is 14.8. The Labute approximate surface area is 146 Å². The first-order chi connectivity index (χ1) is 12.0. The summed E-state index contributed by atoms with van der Waals surface area (Å²) < 4.78 is 29.2. The van der Waals surface area contributed by atoms with Gasteiger partial charge in [-0.05, 0) is 51.4 Å². The number of likely N-dealkylation sites (tertiary alicyclic amines) is 1. The van der Waals surface area contributed by atoms with Gasteiger partial charge in [0.1, 0.15) is 11.6 Å². The maximum Gasteiger partial charge on any atom is 0.170 e. The minimum absolute atomic E-state index is 0.137. The third-order valence-electron chi connectivity index (χ3n) is 4.84. The molecule has 4 nitrogen and oxygen atoms in total. The highest BCUT2D eigenvalue weighted by Crippen LogP contribution is 2.24. The summed E-state index contributed by atoms with van der Waals surface area (Å²) in [5.74, 6) is -1.84. The molecule has 0 bridgehead atoms. The lowest BCUT2D eigenvalue weighted by Crippen LogP contribution is -2.38.